The summed E-state index contributed by atoms with van der Waals surface area (Å²) in [6.07, 6.45) is 2.26. The zero-order valence-electron chi connectivity index (χ0n) is 10.4. The van der Waals surface area contributed by atoms with E-state index in [0.717, 1.165) is 31.6 Å². The SMILES string of the molecule is COC1CCN(c2ccc(C(=O)O)cc2N)CC1. The van der Waals surface area contributed by atoms with Crippen LogP contribution in [0.1, 0.15) is 23.2 Å². The normalized spacial score (nSPS) is 16.8. The zero-order chi connectivity index (χ0) is 13.1. The predicted molar refractivity (Wildman–Crippen MR) is 70.1 cm³/mol. The molecule has 1 aliphatic rings. The summed E-state index contributed by atoms with van der Waals surface area (Å²) in [6, 6.07) is 4.89. The summed E-state index contributed by atoms with van der Waals surface area (Å²) in [7, 11) is 1.73. The molecule has 98 valence electrons. The minimum Gasteiger partial charge on any atom is -0.478 e. The number of nitrogen functional groups attached to an aromatic ring is 1. The fraction of sp³-hybridized carbons (Fsp3) is 0.462. The number of piperidine rings is 1. The molecule has 0 unspecified atom stereocenters. The Labute approximate surface area is 106 Å². The van der Waals surface area contributed by atoms with Crippen molar-refractivity contribution in [3.05, 3.63) is 23.8 Å². The molecule has 0 saturated carbocycles. The van der Waals surface area contributed by atoms with Gasteiger partial charge >= 0.3 is 5.97 Å². The van der Waals surface area contributed by atoms with E-state index in [4.69, 9.17) is 15.6 Å². The molecule has 3 N–H and O–H groups in total. The number of anilines is 2. The summed E-state index contributed by atoms with van der Waals surface area (Å²) in [6.45, 7) is 1.77. The summed E-state index contributed by atoms with van der Waals surface area (Å²) >= 11 is 0. The number of carboxylic acid groups (broad SMARTS) is 1. The van der Waals surface area contributed by atoms with E-state index in [9.17, 15) is 4.79 Å². The number of rotatable bonds is 3. The van der Waals surface area contributed by atoms with E-state index in [1.807, 2.05) is 0 Å². The molecule has 5 nitrogen and oxygen atoms in total. The second-order valence-corrected chi connectivity index (χ2v) is 4.50. The highest BCUT2D eigenvalue weighted by molar-refractivity contribution is 5.90. The highest BCUT2D eigenvalue weighted by Crippen LogP contribution is 2.27. The number of hydrogen-bond donors (Lipinski definition) is 2. The number of carbonyl (C=O) groups is 1. The lowest BCUT2D eigenvalue weighted by Crippen LogP contribution is -2.37. The standard InChI is InChI=1S/C13H18N2O3/c1-18-10-4-6-15(7-5-10)12-3-2-9(13(16)17)8-11(12)14/h2-3,8,10H,4-7,14H2,1H3,(H,16,17). The van der Waals surface area contributed by atoms with Gasteiger partial charge in [-0.15, -0.1) is 0 Å². The number of carboxylic acids is 1. The van der Waals surface area contributed by atoms with Crippen LogP contribution in [0.25, 0.3) is 0 Å². The number of methoxy groups -OCH3 is 1. The molecule has 0 aliphatic carbocycles. The molecule has 0 bridgehead atoms. The van der Waals surface area contributed by atoms with Crippen LogP contribution in [0.5, 0.6) is 0 Å². The van der Waals surface area contributed by atoms with Crippen molar-refractivity contribution in [3.63, 3.8) is 0 Å². The zero-order valence-corrected chi connectivity index (χ0v) is 10.4. The Kier molecular flexibility index (Phi) is 3.72. The van der Waals surface area contributed by atoms with Crippen LogP contribution in [0, 0.1) is 0 Å². The largest absolute Gasteiger partial charge is 0.478 e. The van der Waals surface area contributed by atoms with E-state index in [1.165, 1.54) is 6.07 Å². The van der Waals surface area contributed by atoms with Gasteiger partial charge in [0, 0.05) is 20.2 Å². The van der Waals surface area contributed by atoms with Gasteiger partial charge in [0.1, 0.15) is 0 Å². The van der Waals surface area contributed by atoms with Crippen LogP contribution in [0.15, 0.2) is 18.2 Å². The molecule has 0 spiro atoms. The molecule has 0 radical (unpaired) electrons. The molecule has 0 amide bonds. The van der Waals surface area contributed by atoms with Gasteiger partial charge in [-0.2, -0.15) is 0 Å². The first-order valence-electron chi connectivity index (χ1n) is 6.02. The summed E-state index contributed by atoms with van der Waals surface area (Å²) in [5, 5.41) is 8.89. The lowest BCUT2D eigenvalue weighted by Gasteiger charge is -2.33. The van der Waals surface area contributed by atoms with E-state index >= 15 is 0 Å². The quantitative estimate of drug-likeness (QED) is 0.797. The van der Waals surface area contributed by atoms with Crippen molar-refractivity contribution in [2.24, 2.45) is 0 Å². The van der Waals surface area contributed by atoms with Crippen LogP contribution in [0.2, 0.25) is 0 Å². The van der Waals surface area contributed by atoms with Crippen LogP contribution in [0.3, 0.4) is 0 Å². The van der Waals surface area contributed by atoms with Crippen molar-refractivity contribution in [1.82, 2.24) is 0 Å². The fourth-order valence-corrected chi connectivity index (χ4v) is 2.31. The highest BCUT2D eigenvalue weighted by atomic mass is 16.5. The Morgan fingerprint density at radius 2 is 2.11 bits per heavy atom. The van der Waals surface area contributed by atoms with E-state index in [0.29, 0.717) is 11.8 Å². The predicted octanol–water partition coefficient (Wildman–Crippen LogP) is 1.58. The molecule has 0 aromatic heterocycles. The van der Waals surface area contributed by atoms with Crippen LogP contribution < -0.4 is 10.6 Å². The van der Waals surface area contributed by atoms with Crippen molar-refractivity contribution < 1.29 is 14.6 Å². The van der Waals surface area contributed by atoms with E-state index in [-0.39, 0.29) is 5.56 Å². The Morgan fingerprint density at radius 3 is 2.61 bits per heavy atom. The Bertz CT molecular complexity index is 440. The minimum atomic E-state index is -0.952. The highest BCUT2D eigenvalue weighted by Gasteiger charge is 2.20. The first-order valence-corrected chi connectivity index (χ1v) is 6.02. The number of benzene rings is 1. The lowest BCUT2D eigenvalue weighted by molar-refractivity contribution is 0.0697. The van der Waals surface area contributed by atoms with E-state index in [2.05, 4.69) is 4.90 Å². The van der Waals surface area contributed by atoms with Crippen LogP contribution >= 0.6 is 0 Å². The van der Waals surface area contributed by atoms with Gasteiger partial charge in [-0.25, -0.2) is 4.79 Å². The fourth-order valence-electron chi connectivity index (χ4n) is 2.31. The van der Waals surface area contributed by atoms with Gasteiger partial charge in [0.2, 0.25) is 0 Å². The first kappa shape index (κ1) is 12.7. The first-order chi connectivity index (χ1) is 8.61. The van der Waals surface area contributed by atoms with Crippen molar-refractivity contribution >= 4 is 17.3 Å². The van der Waals surface area contributed by atoms with Crippen LogP contribution in [-0.4, -0.2) is 37.4 Å². The van der Waals surface area contributed by atoms with E-state index in [1.54, 1.807) is 19.2 Å². The number of nitrogens with two attached hydrogens (primary N) is 1. The molecular weight excluding hydrogens is 232 g/mol. The van der Waals surface area contributed by atoms with Gasteiger partial charge in [-0.1, -0.05) is 0 Å². The minimum absolute atomic E-state index is 0.225. The van der Waals surface area contributed by atoms with Crippen LogP contribution in [-0.2, 0) is 4.74 Å². The van der Waals surface area contributed by atoms with E-state index < -0.39 is 5.97 Å². The summed E-state index contributed by atoms with van der Waals surface area (Å²) in [4.78, 5) is 13.0. The van der Waals surface area contributed by atoms with Gasteiger partial charge < -0.3 is 20.5 Å². The lowest BCUT2D eigenvalue weighted by atomic mass is 10.1. The number of nitrogens with zero attached hydrogens (tertiary/aromatic N) is 1. The maximum absolute atomic E-state index is 10.8. The second-order valence-electron chi connectivity index (χ2n) is 4.50. The third-order valence-electron chi connectivity index (χ3n) is 3.39. The average Bonchev–Trinajstić information content (AvgIpc) is 2.38. The number of hydrogen-bond acceptors (Lipinski definition) is 4. The molecule has 0 atom stereocenters. The number of aromatic carboxylic acids is 1. The molecule has 18 heavy (non-hydrogen) atoms. The van der Waals surface area contributed by atoms with Crippen molar-refractivity contribution in [3.8, 4) is 0 Å². The average molecular weight is 250 g/mol. The van der Waals surface area contributed by atoms with Gasteiger partial charge in [-0.3, -0.25) is 0 Å². The van der Waals surface area contributed by atoms with Gasteiger partial charge in [0.15, 0.2) is 0 Å². The van der Waals surface area contributed by atoms with Crippen LogP contribution in [0.4, 0.5) is 11.4 Å². The molecule has 1 fully saturated rings. The monoisotopic (exact) mass is 250 g/mol. The molecule has 1 heterocycles. The maximum atomic E-state index is 10.8. The molecular formula is C13H18N2O3. The van der Waals surface area contributed by atoms with Gasteiger partial charge in [-0.05, 0) is 31.0 Å². The number of ether oxygens (including phenoxy) is 1. The summed E-state index contributed by atoms with van der Waals surface area (Å²) < 4.78 is 5.32. The molecule has 1 aliphatic heterocycles. The van der Waals surface area contributed by atoms with Crippen molar-refractivity contribution in [2.75, 3.05) is 30.8 Å². The van der Waals surface area contributed by atoms with Crippen molar-refractivity contribution in [2.45, 2.75) is 18.9 Å². The molecule has 5 heteroatoms. The third kappa shape index (κ3) is 2.56. The third-order valence-corrected chi connectivity index (χ3v) is 3.39. The molecule has 1 aromatic carbocycles. The molecule has 1 aromatic rings. The Morgan fingerprint density at radius 1 is 1.44 bits per heavy atom. The Hall–Kier alpha value is -1.75. The summed E-state index contributed by atoms with van der Waals surface area (Å²) in [5.41, 5.74) is 7.58. The second kappa shape index (κ2) is 5.27. The molecule has 1 saturated heterocycles. The Balaban J connectivity index is 2.12. The smallest absolute Gasteiger partial charge is 0.335 e. The molecule has 2 rings (SSSR count). The summed E-state index contributed by atoms with van der Waals surface area (Å²) in [5.74, 6) is -0.952. The topological polar surface area (TPSA) is 75.8 Å². The maximum Gasteiger partial charge on any atom is 0.335 e. The van der Waals surface area contributed by atoms with Crippen molar-refractivity contribution in [1.29, 1.82) is 0 Å². The van der Waals surface area contributed by atoms with Gasteiger partial charge in [0.25, 0.3) is 0 Å². The van der Waals surface area contributed by atoms with Gasteiger partial charge in [0.05, 0.1) is 23.0 Å².